The Labute approximate surface area is 213 Å². The fourth-order valence-electron chi connectivity index (χ4n) is 3.76. The summed E-state index contributed by atoms with van der Waals surface area (Å²) in [5.74, 6) is -0.648. The van der Waals surface area contributed by atoms with Gasteiger partial charge in [-0.3, -0.25) is 9.59 Å². The van der Waals surface area contributed by atoms with Crippen molar-refractivity contribution < 1.29 is 28.7 Å². The first-order chi connectivity index (χ1) is 17.1. The molecule has 3 N–H and O–H groups in total. The molecule has 1 aliphatic heterocycles. The van der Waals surface area contributed by atoms with Gasteiger partial charge in [0, 0.05) is 6.54 Å². The maximum atomic E-state index is 13.2. The van der Waals surface area contributed by atoms with Crippen LogP contribution in [0.2, 0.25) is 0 Å². The van der Waals surface area contributed by atoms with Crippen LogP contribution in [-0.2, 0) is 25.7 Å². The molecule has 0 bridgehead atoms. The van der Waals surface area contributed by atoms with Crippen LogP contribution in [0.4, 0.5) is 9.59 Å². The number of alkyl carbamates (subject to hydrolysis) is 1. The Hall–Kier alpha value is -3.14. The smallest absolute Gasteiger partial charge is 0.426 e. The molecule has 3 atom stereocenters. The number of ether oxygens (including phenoxy) is 2. The van der Waals surface area contributed by atoms with Gasteiger partial charge in [-0.2, -0.15) is 5.43 Å². The predicted molar refractivity (Wildman–Crippen MR) is 134 cm³/mol. The summed E-state index contributed by atoms with van der Waals surface area (Å²) >= 11 is 0. The number of hydrazine groups is 1. The lowest BCUT2D eigenvalue weighted by atomic mass is 10.0. The fraction of sp³-hybridized carbons (Fsp3) is 0.615. The van der Waals surface area contributed by atoms with E-state index < -0.39 is 42.2 Å². The Balaban J connectivity index is 2.04. The molecule has 0 radical (unpaired) electrons. The number of amides is 3. The Morgan fingerprint density at radius 2 is 1.75 bits per heavy atom. The molecular formula is C26H40N4O6. The highest BCUT2D eigenvalue weighted by atomic mass is 16.6. The van der Waals surface area contributed by atoms with Gasteiger partial charge in [0.2, 0.25) is 17.9 Å². The van der Waals surface area contributed by atoms with E-state index in [1.807, 2.05) is 65.0 Å². The first-order valence-corrected chi connectivity index (χ1v) is 12.7. The van der Waals surface area contributed by atoms with E-state index in [9.17, 15) is 19.2 Å². The van der Waals surface area contributed by atoms with Gasteiger partial charge in [-0.15, -0.1) is 0 Å². The lowest BCUT2D eigenvalue weighted by molar-refractivity contribution is -0.134. The molecule has 1 aromatic carbocycles. The fourth-order valence-corrected chi connectivity index (χ4v) is 3.76. The van der Waals surface area contributed by atoms with Gasteiger partial charge in [0.25, 0.3) is 0 Å². The van der Waals surface area contributed by atoms with Gasteiger partial charge in [-0.05, 0) is 30.2 Å². The van der Waals surface area contributed by atoms with Crippen molar-refractivity contribution in [2.45, 2.75) is 85.2 Å². The average Bonchev–Trinajstić information content (AvgIpc) is 3.19. The second-order valence-electron chi connectivity index (χ2n) is 9.89. The Kier molecular flexibility index (Phi) is 11.7. The van der Waals surface area contributed by atoms with E-state index in [-0.39, 0.29) is 18.4 Å². The summed E-state index contributed by atoms with van der Waals surface area (Å²) in [7, 11) is 0. The number of ketones is 1. The van der Waals surface area contributed by atoms with Crippen LogP contribution in [-0.4, -0.2) is 53.7 Å². The molecule has 10 heteroatoms. The van der Waals surface area contributed by atoms with Crippen molar-refractivity contribution in [1.82, 2.24) is 21.1 Å². The third-order valence-corrected chi connectivity index (χ3v) is 5.55. The molecule has 1 fully saturated rings. The summed E-state index contributed by atoms with van der Waals surface area (Å²) in [5, 5.41) is 6.68. The van der Waals surface area contributed by atoms with Crippen LogP contribution in [0.3, 0.4) is 0 Å². The van der Waals surface area contributed by atoms with Crippen molar-refractivity contribution in [2.24, 2.45) is 11.8 Å². The highest BCUT2D eigenvalue weighted by Gasteiger charge is 2.39. The van der Waals surface area contributed by atoms with E-state index in [1.165, 1.54) is 5.01 Å². The van der Waals surface area contributed by atoms with Crippen molar-refractivity contribution >= 4 is 23.9 Å². The second kappa shape index (κ2) is 14.4. The number of nitrogens with one attached hydrogen (secondary N) is 3. The molecule has 1 heterocycles. The van der Waals surface area contributed by atoms with Crippen LogP contribution in [0, 0.1) is 11.8 Å². The summed E-state index contributed by atoms with van der Waals surface area (Å²) in [4.78, 5) is 50.9. The van der Waals surface area contributed by atoms with Crippen LogP contribution in [0.1, 0.15) is 65.9 Å². The zero-order valence-corrected chi connectivity index (χ0v) is 21.9. The van der Waals surface area contributed by atoms with Crippen LogP contribution < -0.4 is 16.1 Å². The van der Waals surface area contributed by atoms with Crippen molar-refractivity contribution in [2.75, 3.05) is 6.54 Å². The SMILES string of the molecule is CCCC[C@H](NC(=O)[C@H](CC(C)C)NC(=O)OCc1ccccc1)C(=O)C1NN(CC(C)C)C(=O)O1. The topological polar surface area (TPSA) is 126 Å². The number of unbranched alkanes of at least 4 members (excludes halogenated alkanes) is 1. The molecule has 1 unspecified atom stereocenters. The molecule has 0 spiro atoms. The van der Waals surface area contributed by atoms with Gasteiger partial charge in [-0.25, -0.2) is 14.6 Å². The van der Waals surface area contributed by atoms with Gasteiger partial charge in [0.15, 0.2) is 0 Å². The van der Waals surface area contributed by atoms with E-state index in [0.717, 1.165) is 12.0 Å². The van der Waals surface area contributed by atoms with Gasteiger partial charge >= 0.3 is 12.2 Å². The first-order valence-electron chi connectivity index (χ1n) is 12.7. The molecular weight excluding hydrogens is 464 g/mol. The van der Waals surface area contributed by atoms with Crippen molar-refractivity contribution in [3.8, 4) is 0 Å². The second-order valence-corrected chi connectivity index (χ2v) is 9.89. The van der Waals surface area contributed by atoms with E-state index in [2.05, 4.69) is 16.1 Å². The molecule has 36 heavy (non-hydrogen) atoms. The largest absolute Gasteiger partial charge is 0.445 e. The first kappa shape index (κ1) is 29.1. The third kappa shape index (κ3) is 9.49. The normalized spacial score (nSPS) is 17.0. The van der Waals surface area contributed by atoms with Gasteiger partial charge < -0.3 is 20.1 Å². The summed E-state index contributed by atoms with van der Waals surface area (Å²) < 4.78 is 10.5. The van der Waals surface area contributed by atoms with Gasteiger partial charge in [0.1, 0.15) is 12.6 Å². The summed E-state index contributed by atoms with van der Waals surface area (Å²) in [6.45, 7) is 10.2. The summed E-state index contributed by atoms with van der Waals surface area (Å²) in [6.07, 6.45) is -0.265. The van der Waals surface area contributed by atoms with Gasteiger partial charge in [0.05, 0.1) is 6.04 Å². The van der Waals surface area contributed by atoms with Crippen LogP contribution >= 0.6 is 0 Å². The lowest BCUT2D eigenvalue weighted by Crippen LogP contribution is -2.55. The predicted octanol–water partition coefficient (Wildman–Crippen LogP) is 3.51. The van der Waals surface area contributed by atoms with Crippen LogP contribution in [0.5, 0.6) is 0 Å². The number of carbonyl (C=O) groups is 4. The zero-order valence-electron chi connectivity index (χ0n) is 21.9. The molecule has 200 valence electrons. The molecule has 0 aliphatic carbocycles. The zero-order chi connectivity index (χ0) is 26.7. The highest BCUT2D eigenvalue weighted by Crippen LogP contribution is 2.14. The molecule has 0 aromatic heterocycles. The molecule has 1 saturated heterocycles. The number of Topliss-reactive ketones (excluding diaryl/α,β-unsaturated/α-hetero) is 1. The Morgan fingerprint density at radius 1 is 1.06 bits per heavy atom. The highest BCUT2D eigenvalue weighted by molar-refractivity contribution is 5.95. The van der Waals surface area contributed by atoms with Crippen molar-refractivity contribution in [1.29, 1.82) is 0 Å². The number of cyclic esters (lactones) is 1. The minimum absolute atomic E-state index is 0.0753. The van der Waals surface area contributed by atoms with E-state index in [1.54, 1.807) is 0 Å². The number of rotatable bonds is 14. The molecule has 2 rings (SSSR count). The molecule has 1 aromatic rings. The maximum absolute atomic E-state index is 13.2. The molecule has 3 amide bonds. The number of nitrogens with zero attached hydrogens (tertiary/aromatic N) is 1. The summed E-state index contributed by atoms with van der Waals surface area (Å²) in [5.41, 5.74) is 3.63. The number of benzene rings is 1. The number of carbonyl (C=O) groups excluding carboxylic acids is 4. The van der Waals surface area contributed by atoms with E-state index in [4.69, 9.17) is 9.47 Å². The monoisotopic (exact) mass is 504 g/mol. The van der Waals surface area contributed by atoms with Crippen LogP contribution in [0.25, 0.3) is 0 Å². The van der Waals surface area contributed by atoms with Crippen molar-refractivity contribution in [3.05, 3.63) is 35.9 Å². The number of hydrogen-bond acceptors (Lipinski definition) is 7. The molecule has 0 saturated carbocycles. The maximum Gasteiger partial charge on any atom is 0.426 e. The van der Waals surface area contributed by atoms with E-state index in [0.29, 0.717) is 25.8 Å². The Morgan fingerprint density at radius 3 is 2.36 bits per heavy atom. The standard InChI is InChI=1S/C26H40N4O6/c1-6-7-13-20(22(31)24-29-30(15-18(4)5)26(34)36-24)27-23(32)21(14-17(2)3)28-25(33)35-16-19-11-9-8-10-12-19/h8-12,17-18,20-21,24,29H,6-7,13-16H2,1-5H3,(H,27,32)(H,28,33)/t20-,21-,24?/m0/s1. The molecule has 10 nitrogen and oxygen atoms in total. The summed E-state index contributed by atoms with van der Waals surface area (Å²) in [6, 6.07) is 7.46. The average molecular weight is 505 g/mol. The Bertz CT molecular complexity index is 876. The molecule has 1 aliphatic rings. The van der Waals surface area contributed by atoms with Gasteiger partial charge in [-0.1, -0.05) is 77.8 Å². The number of hydrogen-bond donors (Lipinski definition) is 3. The minimum Gasteiger partial charge on any atom is -0.445 e. The minimum atomic E-state index is -1.18. The third-order valence-electron chi connectivity index (χ3n) is 5.55. The van der Waals surface area contributed by atoms with Crippen molar-refractivity contribution in [3.63, 3.8) is 0 Å². The van der Waals surface area contributed by atoms with E-state index >= 15 is 0 Å². The quantitative estimate of drug-likeness (QED) is 0.354. The lowest BCUT2D eigenvalue weighted by Gasteiger charge is -2.25. The van der Waals surface area contributed by atoms with Crippen LogP contribution in [0.15, 0.2) is 30.3 Å².